The highest BCUT2D eigenvalue weighted by molar-refractivity contribution is 5.93. The highest BCUT2D eigenvalue weighted by atomic mass is 16.6. The van der Waals surface area contributed by atoms with Crippen LogP contribution in [0.3, 0.4) is 0 Å². The average Bonchev–Trinajstić information content (AvgIpc) is 3.12. The molecule has 0 atom stereocenters. The molecular weight excluding hydrogens is 462 g/mol. The van der Waals surface area contributed by atoms with Gasteiger partial charge in [-0.1, -0.05) is 12.1 Å². The summed E-state index contributed by atoms with van der Waals surface area (Å²) in [6.07, 6.45) is 2.80. The zero-order chi connectivity index (χ0) is 24.9. The SMILES string of the molecule is COC(=O)c1c(OCCc2ccccn2)cc(=O)n2c1CCN(Cc1ccc3c(c1)OCCO3)CC2. The third-order valence-corrected chi connectivity index (χ3v) is 6.43. The van der Waals surface area contributed by atoms with Gasteiger partial charge in [0.15, 0.2) is 11.5 Å². The summed E-state index contributed by atoms with van der Waals surface area (Å²) in [7, 11) is 1.34. The van der Waals surface area contributed by atoms with Crippen molar-refractivity contribution in [3.8, 4) is 17.2 Å². The fraction of sp³-hybridized carbons (Fsp3) is 0.370. The van der Waals surface area contributed by atoms with Crippen molar-refractivity contribution in [3.05, 3.63) is 81.5 Å². The smallest absolute Gasteiger partial charge is 0.343 e. The number of pyridine rings is 2. The van der Waals surface area contributed by atoms with Gasteiger partial charge in [0.2, 0.25) is 0 Å². The number of rotatable bonds is 7. The molecule has 4 heterocycles. The van der Waals surface area contributed by atoms with Gasteiger partial charge in [0.25, 0.3) is 5.56 Å². The van der Waals surface area contributed by atoms with Crippen LogP contribution in [0.4, 0.5) is 0 Å². The van der Waals surface area contributed by atoms with Crippen LogP contribution in [0.2, 0.25) is 0 Å². The van der Waals surface area contributed by atoms with Crippen LogP contribution in [0, 0.1) is 0 Å². The van der Waals surface area contributed by atoms with Crippen molar-refractivity contribution in [1.29, 1.82) is 0 Å². The molecule has 36 heavy (non-hydrogen) atoms. The van der Waals surface area contributed by atoms with Crippen LogP contribution >= 0.6 is 0 Å². The minimum atomic E-state index is -0.508. The molecule has 0 spiro atoms. The number of carbonyl (C=O) groups is 1. The van der Waals surface area contributed by atoms with Crippen LogP contribution in [0.1, 0.15) is 27.3 Å². The average molecular weight is 492 g/mol. The summed E-state index contributed by atoms with van der Waals surface area (Å²) in [5, 5.41) is 0. The Morgan fingerprint density at radius 1 is 1.06 bits per heavy atom. The number of benzene rings is 1. The van der Waals surface area contributed by atoms with Crippen molar-refractivity contribution in [2.75, 3.05) is 40.0 Å². The Balaban J connectivity index is 1.34. The summed E-state index contributed by atoms with van der Waals surface area (Å²) in [5.41, 5.74) is 2.75. The molecule has 0 aliphatic carbocycles. The summed E-state index contributed by atoms with van der Waals surface area (Å²) in [4.78, 5) is 32.4. The van der Waals surface area contributed by atoms with Gasteiger partial charge in [-0.3, -0.25) is 14.7 Å². The van der Waals surface area contributed by atoms with Gasteiger partial charge in [-0.2, -0.15) is 0 Å². The van der Waals surface area contributed by atoms with Crippen LogP contribution < -0.4 is 19.8 Å². The number of fused-ring (bicyclic) bond motifs is 2. The van der Waals surface area contributed by atoms with E-state index in [1.165, 1.54) is 13.2 Å². The molecule has 0 saturated heterocycles. The lowest BCUT2D eigenvalue weighted by Gasteiger charge is -2.22. The summed E-state index contributed by atoms with van der Waals surface area (Å²) >= 11 is 0. The Morgan fingerprint density at radius 2 is 1.92 bits per heavy atom. The fourth-order valence-electron chi connectivity index (χ4n) is 4.64. The summed E-state index contributed by atoms with van der Waals surface area (Å²) in [6.45, 7) is 3.90. The third kappa shape index (κ3) is 5.21. The first-order valence-electron chi connectivity index (χ1n) is 12.1. The number of methoxy groups -OCH3 is 1. The van der Waals surface area contributed by atoms with E-state index in [0.29, 0.717) is 70.1 Å². The standard InChI is InChI=1S/C27H29N3O6/c1-33-27(32)26-21-7-10-29(18-19-5-6-22-23(16-19)36-15-14-35-22)11-12-30(21)25(31)17-24(26)34-13-8-20-4-2-3-9-28-20/h2-6,9,16-17H,7-8,10-15,18H2,1H3. The largest absolute Gasteiger partial charge is 0.492 e. The second-order valence-corrected chi connectivity index (χ2v) is 8.74. The molecule has 2 aromatic heterocycles. The van der Waals surface area contributed by atoms with Gasteiger partial charge in [-0.25, -0.2) is 4.79 Å². The highest BCUT2D eigenvalue weighted by Gasteiger charge is 2.26. The zero-order valence-electron chi connectivity index (χ0n) is 20.3. The Morgan fingerprint density at radius 3 is 2.72 bits per heavy atom. The van der Waals surface area contributed by atoms with Crippen LogP contribution in [0.5, 0.6) is 17.2 Å². The fourth-order valence-corrected chi connectivity index (χ4v) is 4.64. The van der Waals surface area contributed by atoms with Crippen molar-refractivity contribution >= 4 is 5.97 Å². The van der Waals surface area contributed by atoms with E-state index in [-0.39, 0.29) is 11.3 Å². The molecule has 5 rings (SSSR count). The van der Waals surface area contributed by atoms with E-state index in [4.69, 9.17) is 18.9 Å². The number of hydrogen-bond acceptors (Lipinski definition) is 8. The third-order valence-electron chi connectivity index (χ3n) is 6.43. The lowest BCUT2D eigenvalue weighted by Crippen LogP contribution is -2.29. The van der Waals surface area contributed by atoms with Gasteiger partial charge in [0.1, 0.15) is 24.5 Å². The summed E-state index contributed by atoms with van der Waals surface area (Å²) < 4.78 is 24.0. The van der Waals surface area contributed by atoms with Crippen LogP contribution in [0.25, 0.3) is 0 Å². The first-order valence-corrected chi connectivity index (χ1v) is 12.1. The second kappa shape index (κ2) is 10.8. The maximum Gasteiger partial charge on any atom is 0.343 e. The molecule has 1 aromatic carbocycles. The van der Waals surface area contributed by atoms with Gasteiger partial charge in [0, 0.05) is 62.7 Å². The molecule has 2 aliphatic heterocycles. The van der Waals surface area contributed by atoms with E-state index in [0.717, 1.165) is 22.8 Å². The first kappa shape index (κ1) is 23.9. The molecule has 188 valence electrons. The molecule has 0 amide bonds. The van der Waals surface area contributed by atoms with Gasteiger partial charge in [-0.15, -0.1) is 0 Å². The number of aromatic nitrogens is 2. The number of hydrogen-bond donors (Lipinski definition) is 0. The lowest BCUT2D eigenvalue weighted by atomic mass is 10.1. The predicted molar refractivity (Wildman–Crippen MR) is 132 cm³/mol. The number of nitrogens with zero attached hydrogens (tertiary/aromatic N) is 3. The molecule has 9 heteroatoms. The minimum Gasteiger partial charge on any atom is -0.492 e. The number of esters is 1. The molecule has 3 aromatic rings. The molecule has 9 nitrogen and oxygen atoms in total. The zero-order valence-corrected chi connectivity index (χ0v) is 20.3. The first-order chi connectivity index (χ1) is 17.6. The molecular formula is C27H29N3O6. The van der Waals surface area contributed by atoms with E-state index in [9.17, 15) is 9.59 Å². The maximum atomic E-state index is 13.0. The van der Waals surface area contributed by atoms with Crippen molar-refractivity contribution in [3.63, 3.8) is 0 Å². The summed E-state index contributed by atoms with van der Waals surface area (Å²) in [5.74, 6) is 1.27. The Labute approximate surface area is 209 Å². The normalized spacial score (nSPS) is 15.0. The van der Waals surface area contributed by atoms with Crippen molar-refractivity contribution in [2.24, 2.45) is 0 Å². The van der Waals surface area contributed by atoms with Crippen molar-refractivity contribution in [1.82, 2.24) is 14.5 Å². The molecule has 0 unspecified atom stereocenters. The van der Waals surface area contributed by atoms with Gasteiger partial charge >= 0.3 is 5.97 Å². The van der Waals surface area contributed by atoms with Crippen LogP contribution in [-0.4, -0.2) is 60.4 Å². The van der Waals surface area contributed by atoms with Crippen LogP contribution in [-0.2, 0) is 30.7 Å². The highest BCUT2D eigenvalue weighted by Crippen LogP contribution is 2.31. The quantitative estimate of drug-likeness (QED) is 0.466. The van der Waals surface area contributed by atoms with E-state index in [2.05, 4.69) is 9.88 Å². The molecule has 0 radical (unpaired) electrons. The lowest BCUT2D eigenvalue weighted by molar-refractivity contribution is 0.0593. The monoisotopic (exact) mass is 491 g/mol. The number of ether oxygens (including phenoxy) is 4. The Kier molecular flexibility index (Phi) is 7.18. The van der Waals surface area contributed by atoms with Crippen molar-refractivity contribution < 1.29 is 23.7 Å². The molecule has 0 bridgehead atoms. The Bertz CT molecular complexity index is 1290. The van der Waals surface area contributed by atoms with Gasteiger partial charge in [-0.05, 0) is 29.8 Å². The molecule has 0 saturated carbocycles. The predicted octanol–water partition coefficient (Wildman–Crippen LogP) is 2.48. The summed E-state index contributed by atoms with van der Waals surface area (Å²) in [6, 6.07) is 13.0. The number of carbonyl (C=O) groups excluding carboxylic acids is 1. The topological polar surface area (TPSA) is 92.1 Å². The van der Waals surface area contributed by atoms with Crippen molar-refractivity contribution in [2.45, 2.75) is 25.9 Å². The van der Waals surface area contributed by atoms with Crippen LogP contribution in [0.15, 0.2) is 53.5 Å². The van der Waals surface area contributed by atoms with E-state index >= 15 is 0 Å². The van der Waals surface area contributed by atoms with E-state index < -0.39 is 5.97 Å². The van der Waals surface area contributed by atoms with Gasteiger partial charge < -0.3 is 23.5 Å². The second-order valence-electron chi connectivity index (χ2n) is 8.74. The van der Waals surface area contributed by atoms with E-state index in [1.54, 1.807) is 10.8 Å². The Hall–Kier alpha value is -3.85. The molecule has 0 fully saturated rings. The van der Waals surface area contributed by atoms with Gasteiger partial charge in [0.05, 0.1) is 13.7 Å². The minimum absolute atomic E-state index is 0.188. The van der Waals surface area contributed by atoms with E-state index in [1.807, 2.05) is 36.4 Å². The molecule has 2 aliphatic rings. The maximum absolute atomic E-state index is 13.0. The molecule has 0 N–H and O–H groups in total.